The Bertz CT molecular complexity index is 843. The molecule has 0 saturated carbocycles. The molecule has 1 N–H and O–H groups in total. The third-order valence-electron chi connectivity index (χ3n) is 3.92. The molecule has 142 valence electrons. The molecule has 0 radical (unpaired) electrons. The molecular formula is C21H23NO4S. The highest BCUT2D eigenvalue weighted by molar-refractivity contribution is 8.00. The minimum atomic E-state index is -0.956. The Hall–Kier alpha value is -2.60. The highest BCUT2D eigenvalue weighted by atomic mass is 32.2. The number of hydrogen-bond acceptors (Lipinski definition) is 5. The van der Waals surface area contributed by atoms with Crippen molar-refractivity contribution in [3.8, 4) is 0 Å². The van der Waals surface area contributed by atoms with E-state index < -0.39 is 18.0 Å². The summed E-state index contributed by atoms with van der Waals surface area (Å²) in [6.07, 6.45) is -0.956. The van der Waals surface area contributed by atoms with Crippen molar-refractivity contribution in [3.63, 3.8) is 0 Å². The number of carbonyl (C=O) groups excluding carboxylic acids is 3. The van der Waals surface area contributed by atoms with Crippen molar-refractivity contribution in [2.45, 2.75) is 38.7 Å². The highest BCUT2D eigenvalue weighted by Crippen LogP contribution is 2.24. The topological polar surface area (TPSA) is 72.5 Å². The van der Waals surface area contributed by atoms with Crippen molar-refractivity contribution in [3.05, 3.63) is 59.2 Å². The van der Waals surface area contributed by atoms with Crippen LogP contribution in [0.4, 0.5) is 5.69 Å². The quantitative estimate of drug-likeness (QED) is 0.572. The second-order valence-corrected chi connectivity index (χ2v) is 7.31. The zero-order chi connectivity index (χ0) is 20.0. The van der Waals surface area contributed by atoms with Gasteiger partial charge in [-0.25, -0.2) is 4.79 Å². The third-order valence-corrected chi connectivity index (χ3v) is 5.14. The summed E-state index contributed by atoms with van der Waals surface area (Å²) >= 11 is 1.27. The summed E-state index contributed by atoms with van der Waals surface area (Å²) in [7, 11) is 0. The van der Waals surface area contributed by atoms with E-state index in [0.29, 0.717) is 10.5 Å². The summed E-state index contributed by atoms with van der Waals surface area (Å²) < 4.78 is 5.35. The average molecular weight is 385 g/mol. The Kier molecular flexibility index (Phi) is 7.19. The zero-order valence-electron chi connectivity index (χ0n) is 15.9. The van der Waals surface area contributed by atoms with Crippen LogP contribution in [-0.4, -0.2) is 29.5 Å². The molecule has 0 aliphatic carbocycles. The van der Waals surface area contributed by atoms with Crippen LogP contribution in [0.1, 0.15) is 35.3 Å². The van der Waals surface area contributed by atoms with Crippen LogP contribution in [0.2, 0.25) is 0 Å². The van der Waals surface area contributed by atoms with E-state index in [1.54, 1.807) is 24.3 Å². The molecule has 0 aliphatic heterocycles. The monoisotopic (exact) mass is 385 g/mol. The predicted molar refractivity (Wildman–Crippen MR) is 107 cm³/mol. The Morgan fingerprint density at radius 3 is 2.30 bits per heavy atom. The van der Waals surface area contributed by atoms with E-state index in [4.69, 9.17) is 4.74 Å². The van der Waals surface area contributed by atoms with Crippen LogP contribution in [-0.2, 0) is 14.3 Å². The molecule has 2 rings (SSSR count). The number of ketones is 1. The van der Waals surface area contributed by atoms with Gasteiger partial charge in [0.1, 0.15) is 5.78 Å². The minimum Gasteiger partial charge on any atom is -0.449 e. The number of ether oxygens (including phenoxy) is 1. The van der Waals surface area contributed by atoms with Gasteiger partial charge in [0.25, 0.3) is 5.91 Å². The van der Waals surface area contributed by atoms with Crippen molar-refractivity contribution in [1.82, 2.24) is 0 Å². The number of anilines is 1. The van der Waals surface area contributed by atoms with Gasteiger partial charge < -0.3 is 10.1 Å². The summed E-state index contributed by atoms with van der Waals surface area (Å²) in [5.41, 5.74) is 2.94. The zero-order valence-corrected chi connectivity index (χ0v) is 16.7. The van der Waals surface area contributed by atoms with E-state index in [1.165, 1.54) is 25.6 Å². The Balaban J connectivity index is 2.07. The normalized spacial score (nSPS) is 11.6. The van der Waals surface area contributed by atoms with Crippen molar-refractivity contribution >= 4 is 35.1 Å². The molecule has 0 fully saturated rings. The number of rotatable bonds is 7. The summed E-state index contributed by atoms with van der Waals surface area (Å²) in [5, 5.41) is 2.82. The summed E-state index contributed by atoms with van der Waals surface area (Å²) in [6, 6.07) is 12.6. The fourth-order valence-electron chi connectivity index (χ4n) is 2.45. The molecule has 1 amide bonds. The second kappa shape index (κ2) is 9.37. The van der Waals surface area contributed by atoms with Crippen molar-refractivity contribution in [1.29, 1.82) is 0 Å². The molecule has 0 spiro atoms. The van der Waals surface area contributed by atoms with Crippen molar-refractivity contribution in [2.75, 3.05) is 11.1 Å². The first-order valence-electron chi connectivity index (χ1n) is 8.59. The van der Waals surface area contributed by atoms with E-state index in [2.05, 4.69) is 5.32 Å². The molecule has 0 saturated heterocycles. The van der Waals surface area contributed by atoms with Gasteiger partial charge in [0.05, 0.1) is 11.3 Å². The molecule has 5 nitrogen and oxygen atoms in total. The molecule has 2 aromatic carbocycles. The number of amides is 1. The molecule has 0 aliphatic rings. The van der Waals surface area contributed by atoms with Crippen LogP contribution in [0.5, 0.6) is 0 Å². The molecule has 2 aromatic rings. The average Bonchev–Trinajstić information content (AvgIpc) is 2.63. The van der Waals surface area contributed by atoms with Gasteiger partial charge in [-0.1, -0.05) is 30.3 Å². The lowest BCUT2D eigenvalue weighted by atomic mass is 10.1. The smallest absolute Gasteiger partial charge is 0.340 e. The first-order chi connectivity index (χ1) is 12.8. The standard InChI is InChI=1S/C21H23NO4S/c1-13-8-7-9-14(2)19(13)22-20(24)16(4)26-21(25)17-10-5-6-11-18(17)27-12-15(3)23/h5-11,16H,12H2,1-4H3,(H,22,24)/t16-/m1/s1. The van der Waals surface area contributed by atoms with Gasteiger partial charge in [-0.2, -0.15) is 0 Å². The molecule has 0 bridgehead atoms. The van der Waals surface area contributed by atoms with Gasteiger partial charge in [-0.05, 0) is 51.0 Å². The Morgan fingerprint density at radius 2 is 1.67 bits per heavy atom. The van der Waals surface area contributed by atoms with Gasteiger partial charge in [0.15, 0.2) is 6.10 Å². The van der Waals surface area contributed by atoms with Crippen LogP contribution in [0, 0.1) is 13.8 Å². The van der Waals surface area contributed by atoms with Gasteiger partial charge in [-0.15, -0.1) is 11.8 Å². The van der Waals surface area contributed by atoms with Crippen LogP contribution in [0.25, 0.3) is 0 Å². The van der Waals surface area contributed by atoms with E-state index in [1.807, 2.05) is 32.0 Å². The van der Waals surface area contributed by atoms with Crippen molar-refractivity contribution < 1.29 is 19.1 Å². The lowest BCUT2D eigenvalue weighted by molar-refractivity contribution is -0.123. The second-order valence-electron chi connectivity index (χ2n) is 6.29. The first kappa shape index (κ1) is 20.7. The molecule has 0 aromatic heterocycles. The third kappa shape index (κ3) is 5.69. The number of esters is 1. The van der Waals surface area contributed by atoms with Crippen LogP contribution >= 0.6 is 11.8 Å². The van der Waals surface area contributed by atoms with Gasteiger partial charge in [0.2, 0.25) is 0 Å². The number of Topliss-reactive ketones (excluding diaryl/α,β-unsaturated/α-hetero) is 1. The lowest BCUT2D eigenvalue weighted by Gasteiger charge is -2.17. The fourth-order valence-corrected chi connectivity index (χ4v) is 3.29. The SMILES string of the molecule is CC(=O)CSc1ccccc1C(=O)O[C@H](C)C(=O)Nc1c(C)cccc1C. The van der Waals surface area contributed by atoms with Crippen LogP contribution in [0.15, 0.2) is 47.4 Å². The molecule has 0 heterocycles. The number of hydrogen-bond donors (Lipinski definition) is 1. The molecule has 27 heavy (non-hydrogen) atoms. The Morgan fingerprint density at radius 1 is 1.04 bits per heavy atom. The van der Waals surface area contributed by atoms with E-state index in [0.717, 1.165) is 16.8 Å². The van der Waals surface area contributed by atoms with Gasteiger partial charge >= 0.3 is 5.97 Å². The van der Waals surface area contributed by atoms with E-state index in [9.17, 15) is 14.4 Å². The number of benzene rings is 2. The van der Waals surface area contributed by atoms with Crippen LogP contribution < -0.4 is 5.32 Å². The molecule has 1 atom stereocenters. The van der Waals surface area contributed by atoms with E-state index in [-0.39, 0.29) is 11.5 Å². The number of aryl methyl sites for hydroxylation is 2. The Labute approximate surface area is 163 Å². The lowest BCUT2D eigenvalue weighted by Crippen LogP contribution is -2.30. The fraction of sp³-hybridized carbons (Fsp3) is 0.286. The van der Waals surface area contributed by atoms with Gasteiger partial charge in [0, 0.05) is 10.6 Å². The predicted octanol–water partition coefficient (Wildman–Crippen LogP) is 4.17. The molecule has 0 unspecified atom stereocenters. The van der Waals surface area contributed by atoms with Crippen LogP contribution in [0.3, 0.4) is 0 Å². The maximum absolute atomic E-state index is 12.5. The maximum Gasteiger partial charge on any atom is 0.340 e. The summed E-state index contributed by atoms with van der Waals surface area (Å²) in [5.74, 6) is -0.697. The summed E-state index contributed by atoms with van der Waals surface area (Å²) in [6.45, 7) is 6.84. The maximum atomic E-state index is 12.5. The number of para-hydroxylation sites is 1. The molecule has 6 heteroatoms. The van der Waals surface area contributed by atoms with Gasteiger partial charge in [-0.3, -0.25) is 9.59 Å². The van der Waals surface area contributed by atoms with Crippen molar-refractivity contribution in [2.24, 2.45) is 0 Å². The largest absolute Gasteiger partial charge is 0.449 e. The summed E-state index contributed by atoms with van der Waals surface area (Å²) in [4.78, 5) is 36.8. The number of thioether (sulfide) groups is 1. The highest BCUT2D eigenvalue weighted by Gasteiger charge is 2.22. The minimum absolute atomic E-state index is 0.0181. The molecular weight excluding hydrogens is 362 g/mol. The number of nitrogens with one attached hydrogen (secondary N) is 1. The van der Waals surface area contributed by atoms with E-state index >= 15 is 0 Å². The number of carbonyl (C=O) groups is 3. The first-order valence-corrected chi connectivity index (χ1v) is 9.57.